The second-order valence-electron chi connectivity index (χ2n) is 6.14. The Morgan fingerprint density at radius 2 is 1.67 bits per heavy atom. The Balaban J connectivity index is 1.75. The lowest BCUT2D eigenvalue weighted by molar-refractivity contribution is 0.163. The molecule has 0 radical (unpaired) electrons. The molecule has 0 fully saturated rings. The van der Waals surface area contributed by atoms with Crippen molar-refractivity contribution in [3.05, 3.63) is 89.0 Å². The zero-order valence-electron chi connectivity index (χ0n) is 13.7. The molecular weight excluding hydrogens is 316 g/mol. The molecule has 0 amide bonds. The van der Waals surface area contributed by atoms with E-state index in [1.165, 1.54) is 16.3 Å². The third-order valence-corrected chi connectivity index (χ3v) is 4.61. The maximum Gasteiger partial charge on any atom is 0.0583 e. The van der Waals surface area contributed by atoms with Gasteiger partial charge in [0.15, 0.2) is 0 Å². The molecule has 0 aromatic heterocycles. The molecule has 0 saturated carbocycles. The zero-order chi connectivity index (χ0) is 16.9. The molecule has 0 aliphatic carbocycles. The van der Waals surface area contributed by atoms with Gasteiger partial charge in [-0.1, -0.05) is 72.3 Å². The highest BCUT2D eigenvalue weighted by atomic mass is 35.5. The monoisotopic (exact) mass is 336 g/mol. The number of hydrogen-bond donors (Lipinski definition) is 1. The smallest absolute Gasteiger partial charge is 0.0583 e. The Kier molecular flexibility index (Phi) is 5.34. The highest BCUT2D eigenvalue weighted by molar-refractivity contribution is 6.30. The van der Waals surface area contributed by atoms with E-state index in [2.05, 4.69) is 54.6 Å². The Morgan fingerprint density at radius 1 is 0.958 bits per heavy atom. The number of hydrogen-bond acceptors (Lipinski definition) is 1. The minimum Gasteiger partial charge on any atom is -0.393 e. The van der Waals surface area contributed by atoms with E-state index >= 15 is 0 Å². The molecule has 122 valence electrons. The Morgan fingerprint density at radius 3 is 2.38 bits per heavy atom. The summed E-state index contributed by atoms with van der Waals surface area (Å²) in [5.74, 6) is 0.0685. The van der Waals surface area contributed by atoms with Crippen LogP contribution >= 0.6 is 11.6 Å². The van der Waals surface area contributed by atoms with Gasteiger partial charge >= 0.3 is 0 Å². The van der Waals surface area contributed by atoms with Gasteiger partial charge in [-0.3, -0.25) is 0 Å². The van der Waals surface area contributed by atoms with Crippen LogP contribution in [0.25, 0.3) is 16.8 Å². The first-order valence-electron chi connectivity index (χ1n) is 8.22. The lowest BCUT2D eigenvalue weighted by Gasteiger charge is -2.18. The van der Waals surface area contributed by atoms with Crippen molar-refractivity contribution in [2.24, 2.45) is 0 Å². The number of aliphatic hydroxyl groups is 1. The molecule has 0 aliphatic heterocycles. The van der Waals surface area contributed by atoms with Crippen LogP contribution in [0.4, 0.5) is 0 Å². The molecule has 0 aliphatic rings. The van der Waals surface area contributed by atoms with Crippen LogP contribution in [-0.4, -0.2) is 11.2 Å². The van der Waals surface area contributed by atoms with Crippen LogP contribution in [-0.2, 0) is 0 Å². The first-order chi connectivity index (χ1) is 11.6. The van der Waals surface area contributed by atoms with E-state index in [-0.39, 0.29) is 5.92 Å². The number of allylic oxidation sites excluding steroid dienone is 1. The molecular formula is C22H21ClO. The number of rotatable bonds is 5. The molecule has 3 rings (SSSR count). The molecule has 0 saturated heterocycles. The maximum absolute atomic E-state index is 10.1. The van der Waals surface area contributed by atoms with Gasteiger partial charge in [-0.25, -0.2) is 0 Å². The van der Waals surface area contributed by atoms with Crippen LogP contribution in [0.3, 0.4) is 0 Å². The molecule has 3 aromatic rings. The van der Waals surface area contributed by atoms with Gasteiger partial charge < -0.3 is 5.11 Å². The fourth-order valence-corrected chi connectivity index (χ4v) is 3.11. The minimum absolute atomic E-state index is 0.0685. The number of halogens is 1. The number of benzene rings is 3. The van der Waals surface area contributed by atoms with Gasteiger partial charge in [0, 0.05) is 10.9 Å². The summed E-state index contributed by atoms with van der Waals surface area (Å²) in [5, 5.41) is 13.3. The van der Waals surface area contributed by atoms with E-state index in [0.29, 0.717) is 0 Å². The molecule has 0 bridgehead atoms. The van der Waals surface area contributed by atoms with E-state index in [9.17, 15) is 5.11 Å². The van der Waals surface area contributed by atoms with Crippen molar-refractivity contribution in [1.29, 1.82) is 0 Å². The average molecular weight is 337 g/mol. The van der Waals surface area contributed by atoms with Gasteiger partial charge in [0.25, 0.3) is 0 Å². The lowest BCUT2D eigenvalue weighted by atomic mass is 9.91. The summed E-state index contributed by atoms with van der Waals surface area (Å²) in [5.41, 5.74) is 2.28. The zero-order valence-corrected chi connectivity index (χ0v) is 14.4. The van der Waals surface area contributed by atoms with Crippen molar-refractivity contribution in [2.45, 2.75) is 25.4 Å². The van der Waals surface area contributed by atoms with E-state index in [0.717, 1.165) is 17.0 Å². The van der Waals surface area contributed by atoms with Crippen LogP contribution in [0.2, 0.25) is 5.02 Å². The van der Waals surface area contributed by atoms with Crippen molar-refractivity contribution in [3.63, 3.8) is 0 Å². The summed E-state index contributed by atoms with van der Waals surface area (Å²) < 4.78 is 0. The van der Waals surface area contributed by atoms with Crippen molar-refractivity contribution in [2.75, 3.05) is 0 Å². The quantitative estimate of drug-likeness (QED) is 0.600. The summed E-state index contributed by atoms with van der Waals surface area (Å²) in [6, 6.07) is 22.5. The Labute approximate surface area is 148 Å². The Bertz CT molecular complexity index is 834. The molecule has 1 nitrogen and oxygen atoms in total. The van der Waals surface area contributed by atoms with Gasteiger partial charge in [-0.2, -0.15) is 0 Å². The largest absolute Gasteiger partial charge is 0.393 e. The number of fused-ring (bicyclic) bond motifs is 1. The third kappa shape index (κ3) is 4.05. The van der Waals surface area contributed by atoms with E-state index < -0.39 is 6.10 Å². The molecule has 24 heavy (non-hydrogen) atoms. The first kappa shape index (κ1) is 16.8. The highest BCUT2D eigenvalue weighted by Gasteiger charge is 2.15. The topological polar surface area (TPSA) is 20.2 Å². The van der Waals surface area contributed by atoms with Gasteiger partial charge in [0.2, 0.25) is 0 Å². The molecule has 0 spiro atoms. The SMILES string of the molecule is C[C@H](O)[C@@H](C/C=C/c1ccc2ccccc2c1)c1ccc(Cl)cc1. The van der Waals surface area contributed by atoms with Crippen molar-refractivity contribution >= 4 is 28.4 Å². The highest BCUT2D eigenvalue weighted by Crippen LogP contribution is 2.26. The lowest BCUT2D eigenvalue weighted by Crippen LogP contribution is -2.13. The Hall–Kier alpha value is -2.09. The second kappa shape index (κ2) is 7.65. The summed E-state index contributed by atoms with van der Waals surface area (Å²) in [7, 11) is 0. The van der Waals surface area contributed by atoms with E-state index in [4.69, 9.17) is 11.6 Å². The van der Waals surface area contributed by atoms with Crippen LogP contribution in [0.5, 0.6) is 0 Å². The van der Waals surface area contributed by atoms with Crippen molar-refractivity contribution in [1.82, 2.24) is 0 Å². The standard InChI is InChI=1S/C22H21ClO/c1-16(24)22(19-11-13-21(23)14-12-19)8-4-5-17-9-10-18-6-2-3-7-20(18)15-17/h2-7,9-16,22,24H,8H2,1H3/b5-4+/t16-,22+/m0/s1. The summed E-state index contributed by atoms with van der Waals surface area (Å²) in [6.07, 6.45) is 4.63. The van der Waals surface area contributed by atoms with Crippen LogP contribution in [0, 0.1) is 0 Å². The first-order valence-corrected chi connectivity index (χ1v) is 8.60. The third-order valence-electron chi connectivity index (χ3n) is 4.35. The average Bonchev–Trinajstić information content (AvgIpc) is 2.59. The summed E-state index contributed by atoms with van der Waals surface area (Å²) in [4.78, 5) is 0. The molecule has 3 aromatic carbocycles. The minimum atomic E-state index is -0.410. The maximum atomic E-state index is 10.1. The van der Waals surface area contributed by atoms with Crippen LogP contribution in [0.1, 0.15) is 30.4 Å². The van der Waals surface area contributed by atoms with Gasteiger partial charge in [0.05, 0.1) is 6.10 Å². The van der Waals surface area contributed by atoms with E-state index in [1.807, 2.05) is 31.2 Å². The fraction of sp³-hybridized carbons (Fsp3) is 0.182. The fourth-order valence-electron chi connectivity index (χ4n) is 2.98. The molecule has 0 unspecified atom stereocenters. The predicted molar refractivity (Wildman–Crippen MR) is 103 cm³/mol. The molecule has 0 heterocycles. The predicted octanol–water partition coefficient (Wildman–Crippen LogP) is 6.06. The van der Waals surface area contributed by atoms with Crippen LogP contribution in [0.15, 0.2) is 72.8 Å². The van der Waals surface area contributed by atoms with Crippen molar-refractivity contribution < 1.29 is 5.11 Å². The normalized spacial score (nSPS) is 14.1. The van der Waals surface area contributed by atoms with Gasteiger partial charge in [0.1, 0.15) is 0 Å². The summed E-state index contributed by atoms with van der Waals surface area (Å²) in [6.45, 7) is 1.84. The van der Waals surface area contributed by atoms with Gasteiger partial charge in [-0.15, -0.1) is 0 Å². The summed E-state index contributed by atoms with van der Waals surface area (Å²) >= 11 is 5.95. The van der Waals surface area contributed by atoms with Crippen molar-refractivity contribution in [3.8, 4) is 0 Å². The second-order valence-corrected chi connectivity index (χ2v) is 6.58. The number of aliphatic hydroxyl groups excluding tert-OH is 1. The van der Waals surface area contributed by atoms with Crippen LogP contribution < -0.4 is 0 Å². The molecule has 2 heteroatoms. The van der Waals surface area contributed by atoms with Gasteiger partial charge in [-0.05, 0) is 53.4 Å². The molecule has 1 N–H and O–H groups in total. The van der Waals surface area contributed by atoms with E-state index in [1.54, 1.807) is 0 Å². The molecule has 2 atom stereocenters.